The molecular formula is C19H28O4. The van der Waals surface area contributed by atoms with Gasteiger partial charge in [0, 0.05) is 11.8 Å². The highest BCUT2D eigenvalue weighted by Crippen LogP contribution is 2.69. The van der Waals surface area contributed by atoms with Gasteiger partial charge in [0.25, 0.3) is 0 Å². The van der Waals surface area contributed by atoms with Gasteiger partial charge in [0.15, 0.2) is 0 Å². The summed E-state index contributed by atoms with van der Waals surface area (Å²) in [6, 6.07) is 0. The predicted molar refractivity (Wildman–Crippen MR) is 84.4 cm³/mol. The largest absolute Gasteiger partial charge is 0.462 e. The van der Waals surface area contributed by atoms with Crippen molar-refractivity contribution < 1.29 is 19.1 Å². The Kier molecular flexibility index (Phi) is 2.90. The van der Waals surface area contributed by atoms with Gasteiger partial charge < -0.3 is 9.47 Å². The molecule has 4 heteroatoms. The Morgan fingerprint density at radius 3 is 2.52 bits per heavy atom. The van der Waals surface area contributed by atoms with Crippen LogP contribution < -0.4 is 0 Å². The Morgan fingerprint density at radius 2 is 1.96 bits per heavy atom. The molecule has 0 aromatic carbocycles. The van der Waals surface area contributed by atoms with Crippen molar-refractivity contribution >= 4 is 11.9 Å². The average Bonchev–Trinajstić information content (AvgIpc) is 2.72. The maximum atomic E-state index is 13.1. The summed E-state index contributed by atoms with van der Waals surface area (Å²) in [5.41, 5.74) is -0.304. The van der Waals surface area contributed by atoms with Crippen LogP contribution in [0.2, 0.25) is 0 Å². The van der Waals surface area contributed by atoms with Gasteiger partial charge in [0.05, 0.1) is 5.41 Å². The molecule has 0 radical (unpaired) electrons. The van der Waals surface area contributed by atoms with Gasteiger partial charge in [-0.25, -0.2) is 0 Å². The molecule has 2 bridgehead atoms. The molecule has 3 aliphatic carbocycles. The van der Waals surface area contributed by atoms with E-state index >= 15 is 0 Å². The maximum absolute atomic E-state index is 13.1. The minimum atomic E-state index is -0.380. The molecule has 0 N–H and O–H groups in total. The second-order valence-corrected chi connectivity index (χ2v) is 10.1. The fraction of sp³-hybridized carbons (Fsp3) is 0.895. The Hall–Kier alpha value is -1.06. The highest BCUT2D eigenvalue weighted by molar-refractivity contribution is 5.83. The summed E-state index contributed by atoms with van der Waals surface area (Å²) in [6.45, 7) is 10.8. The second kappa shape index (κ2) is 4.31. The quantitative estimate of drug-likeness (QED) is 0.749. The summed E-state index contributed by atoms with van der Waals surface area (Å²) in [5, 5.41) is 0. The van der Waals surface area contributed by atoms with Crippen molar-refractivity contribution in [1.29, 1.82) is 0 Å². The van der Waals surface area contributed by atoms with E-state index in [9.17, 15) is 9.59 Å². The first-order chi connectivity index (χ1) is 10.5. The van der Waals surface area contributed by atoms with Crippen molar-refractivity contribution in [3.63, 3.8) is 0 Å². The Labute approximate surface area is 138 Å². The van der Waals surface area contributed by atoms with E-state index in [1.165, 1.54) is 0 Å². The number of carbonyl (C=O) groups excluding carboxylic acids is 2. The maximum Gasteiger partial charge on any atom is 0.313 e. The summed E-state index contributed by atoms with van der Waals surface area (Å²) in [6.07, 6.45) is 3.43. The van der Waals surface area contributed by atoms with E-state index in [0.29, 0.717) is 5.92 Å². The van der Waals surface area contributed by atoms with Crippen LogP contribution in [0.3, 0.4) is 0 Å². The van der Waals surface area contributed by atoms with Crippen molar-refractivity contribution in [3.8, 4) is 0 Å². The third-order valence-electron chi connectivity index (χ3n) is 6.79. The molecule has 0 spiro atoms. The lowest BCUT2D eigenvalue weighted by atomic mass is 9.78. The van der Waals surface area contributed by atoms with Crippen LogP contribution in [-0.2, 0) is 19.1 Å². The molecule has 4 rings (SSSR count). The van der Waals surface area contributed by atoms with Crippen LogP contribution >= 0.6 is 0 Å². The molecular weight excluding hydrogens is 292 g/mol. The van der Waals surface area contributed by atoms with Gasteiger partial charge in [-0.1, -0.05) is 34.6 Å². The lowest BCUT2D eigenvalue weighted by molar-refractivity contribution is -0.165. The molecule has 0 aromatic rings. The minimum Gasteiger partial charge on any atom is -0.462 e. The fourth-order valence-electron chi connectivity index (χ4n) is 5.67. The monoisotopic (exact) mass is 320 g/mol. The van der Waals surface area contributed by atoms with Crippen molar-refractivity contribution in [1.82, 2.24) is 0 Å². The lowest BCUT2D eigenvalue weighted by Gasteiger charge is -2.31. The molecule has 3 saturated carbocycles. The van der Waals surface area contributed by atoms with Crippen molar-refractivity contribution in [3.05, 3.63) is 0 Å². The zero-order chi connectivity index (χ0) is 16.8. The summed E-state index contributed by atoms with van der Waals surface area (Å²) in [7, 11) is 0. The molecule has 4 fully saturated rings. The zero-order valence-corrected chi connectivity index (χ0v) is 14.8. The SMILES string of the molecule is CC(C)(C)CC1(C(=O)OC2C3CC4OC(=O)C2C4C3)CC1(C)C. The van der Waals surface area contributed by atoms with Gasteiger partial charge in [-0.3, -0.25) is 9.59 Å². The van der Waals surface area contributed by atoms with Crippen LogP contribution in [0.4, 0.5) is 0 Å². The van der Waals surface area contributed by atoms with Gasteiger partial charge in [0.2, 0.25) is 0 Å². The molecule has 0 amide bonds. The second-order valence-electron chi connectivity index (χ2n) is 10.1. The predicted octanol–water partition coefficient (Wildman–Crippen LogP) is 3.33. The third kappa shape index (κ3) is 2.09. The molecule has 1 heterocycles. The summed E-state index contributed by atoms with van der Waals surface area (Å²) >= 11 is 0. The number of hydrogen-bond donors (Lipinski definition) is 0. The van der Waals surface area contributed by atoms with E-state index in [1.54, 1.807) is 0 Å². The van der Waals surface area contributed by atoms with Gasteiger partial charge in [-0.2, -0.15) is 0 Å². The number of esters is 2. The number of rotatable bonds is 3. The number of ether oxygens (including phenoxy) is 2. The summed E-state index contributed by atoms with van der Waals surface area (Å²) in [5.74, 6) is 0.190. The highest BCUT2D eigenvalue weighted by atomic mass is 16.6. The van der Waals surface area contributed by atoms with E-state index in [1.807, 2.05) is 0 Å². The Balaban J connectivity index is 1.53. The summed E-state index contributed by atoms with van der Waals surface area (Å²) < 4.78 is 11.5. The molecule has 1 saturated heterocycles. The number of fused-ring (bicyclic) bond motifs is 1. The molecule has 6 unspecified atom stereocenters. The summed E-state index contributed by atoms with van der Waals surface area (Å²) in [4.78, 5) is 25.2. The van der Waals surface area contributed by atoms with E-state index in [-0.39, 0.29) is 52.2 Å². The van der Waals surface area contributed by atoms with Gasteiger partial charge in [-0.15, -0.1) is 0 Å². The lowest BCUT2D eigenvalue weighted by Crippen LogP contribution is -2.39. The number of hydrogen-bond acceptors (Lipinski definition) is 4. The highest BCUT2D eigenvalue weighted by Gasteiger charge is 2.70. The van der Waals surface area contributed by atoms with E-state index in [4.69, 9.17) is 9.47 Å². The van der Waals surface area contributed by atoms with Crippen molar-refractivity contribution in [2.24, 2.45) is 34.0 Å². The first-order valence-electron chi connectivity index (χ1n) is 8.96. The number of carbonyl (C=O) groups is 2. The smallest absolute Gasteiger partial charge is 0.313 e. The molecule has 1 aliphatic heterocycles. The fourth-order valence-corrected chi connectivity index (χ4v) is 5.67. The van der Waals surface area contributed by atoms with Crippen molar-refractivity contribution in [2.45, 2.75) is 72.5 Å². The molecule has 6 atom stereocenters. The van der Waals surface area contributed by atoms with Crippen LogP contribution in [-0.4, -0.2) is 24.1 Å². The van der Waals surface area contributed by atoms with E-state index < -0.39 is 0 Å². The minimum absolute atomic E-state index is 0.00625. The molecule has 23 heavy (non-hydrogen) atoms. The van der Waals surface area contributed by atoms with Crippen LogP contribution in [0.15, 0.2) is 0 Å². The molecule has 0 aromatic heterocycles. The van der Waals surface area contributed by atoms with Gasteiger partial charge >= 0.3 is 11.9 Å². The Bertz CT molecular complexity index is 570. The van der Waals surface area contributed by atoms with Crippen LogP contribution in [0, 0.1) is 34.0 Å². The standard InChI is InChI=1S/C19H28O4/c1-17(2,3)8-19(9-18(19,4)5)16(21)23-14-10-6-11-12(7-10)22-15(20)13(11)14/h10-14H,6-9H2,1-5H3. The van der Waals surface area contributed by atoms with E-state index in [0.717, 1.165) is 25.7 Å². The zero-order valence-electron chi connectivity index (χ0n) is 14.8. The molecule has 4 nitrogen and oxygen atoms in total. The van der Waals surface area contributed by atoms with Crippen LogP contribution in [0.5, 0.6) is 0 Å². The Morgan fingerprint density at radius 1 is 1.30 bits per heavy atom. The molecule has 128 valence electrons. The topological polar surface area (TPSA) is 52.6 Å². The van der Waals surface area contributed by atoms with Crippen LogP contribution in [0.25, 0.3) is 0 Å². The third-order valence-corrected chi connectivity index (χ3v) is 6.79. The average molecular weight is 320 g/mol. The molecule has 4 aliphatic rings. The van der Waals surface area contributed by atoms with Gasteiger partial charge in [0.1, 0.15) is 18.1 Å². The van der Waals surface area contributed by atoms with Crippen LogP contribution in [0.1, 0.15) is 60.3 Å². The van der Waals surface area contributed by atoms with Gasteiger partial charge in [-0.05, 0) is 36.5 Å². The first-order valence-corrected chi connectivity index (χ1v) is 8.96. The van der Waals surface area contributed by atoms with E-state index in [2.05, 4.69) is 34.6 Å². The first kappa shape index (κ1) is 15.5. The normalized spacial score (nSPS) is 46.0. The van der Waals surface area contributed by atoms with Crippen molar-refractivity contribution in [2.75, 3.05) is 0 Å².